The first-order valence-electron chi connectivity index (χ1n) is 7.04. The first-order chi connectivity index (χ1) is 10.5. The van der Waals surface area contributed by atoms with E-state index in [1.165, 1.54) is 0 Å². The van der Waals surface area contributed by atoms with Crippen LogP contribution in [0.4, 0.5) is 4.79 Å². The van der Waals surface area contributed by atoms with E-state index in [9.17, 15) is 9.59 Å². The number of nitrogens with two attached hydrogens (primary N) is 1. The average molecular weight is 373 g/mol. The van der Waals surface area contributed by atoms with Crippen LogP contribution in [0.3, 0.4) is 0 Å². The van der Waals surface area contributed by atoms with E-state index in [2.05, 4.69) is 21.2 Å². The minimum atomic E-state index is -0.523. The van der Waals surface area contributed by atoms with Crippen LogP contribution in [0.1, 0.15) is 31.2 Å². The third-order valence-electron chi connectivity index (χ3n) is 2.97. The van der Waals surface area contributed by atoms with Gasteiger partial charge in [-0.15, -0.1) is 0 Å². The molecular formula is C15H21BrN2O4. The molecule has 0 heterocycles. The molecule has 22 heavy (non-hydrogen) atoms. The van der Waals surface area contributed by atoms with Crippen molar-refractivity contribution in [1.82, 2.24) is 5.32 Å². The van der Waals surface area contributed by atoms with E-state index in [-0.39, 0.29) is 12.6 Å². The zero-order valence-corrected chi connectivity index (χ0v) is 14.1. The smallest absolute Gasteiger partial charge is 0.312 e. The van der Waals surface area contributed by atoms with Crippen LogP contribution in [-0.2, 0) is 16.1 Å². The fourth-order valence-corrected chi connectivity index (χ4v) is 2.41. The molecule has 0 aromatic heterocycles. The lowest BCUT2D eigenvalue weighted by atomic mass is 10.2. The predicted octanol–water partition coefficient (Wildman–Crippen LogP) is 2.73. The molecule has 1 aromatic carbocycles. The van der Waals surface area contributed by atoms with Crippen molar-refractivity contribution < 1.29 is 19.1 Å². The summed E-state index contributed by atoms with van der Waals surface area (Å²) < 4.78 is 11.2. The van der Waals surface area contributed by atoms with Crippen LogP contribution >= 0.6 is 15.9 Å². The van der Waals surface area contributed by atoms with Crippen LogP contribution in [0.2, 0.25) is 0 Å². The molecular weight excluding hydrogens is 352 g/mol. The predicted molar refractivity (Wildman–Crippen MR) is 86.5 cm³/mol. The van der Waals surface area contributed by atoms with Crippen LogP contribution in [0.15, 0.2) is 22.7 Å². The van der Waals surface area contributed by atoms with Gasteiger partial charge in [-0.2, -0.15) is 0 Å². The number of urea groups is 1. The van der Waals surface area contributed by atoms with Crippen LogP contribution < -0.4 is 15.8 Å². The second-order valence-corrected chi connectivity index (χ2v) is 5.59. The Labute approximate surface area is 138 Å². The quantitative estimate of drug-likeness (QED) is 0.514. The van der Waals surface area contributed by atoms with Gasteiger partial charge in [-0.1, -0.05) is 12.5 Å². The number of esters is 1. The van der Waals surface area contributed by atoms with E-state index in [1.807, 2.05) is 18.2 Å². The van der Waals surface area contributed by atoms with Crippen LogP contribution in [0.25, 0.3) is 0 Å². The monoisotopic (exact) mass is 372 g/mol. The molecule has 0 saturated carbocycles. The number of primary amides is 1. The first-order valence-corrected chi connectivity index (χ1v) is 7.83. The number of amides is 2. The molecule has 0 saturated heterocycles. The zero-order valence-electron chi connectivity index (χ0n) is 12.6. The van der Waals surface area contributed by atoms with E-state index in [1.54, 1.807) is 7.11 Å². The highest BCUT2D eigenvalue weighted by atomic mass is 79.9. The van der Waals surface area contributed by atoms with Crippen molar-refractivity contribution in [3.63, 3.8) is 0 Å². The maximum atomic E-state index is 11.6. The fourth-order valence-electron chi connectivity index (χ4n) is 1.82. The van der Waals surface area contributed by atoms with Gasteiger partial charge >= 0.3 is 12.0 Å². The summed E-state index contributed by atoms with van der Waals surface area (Å²) >= 11 is 3.39. The highest BCUT2D eigenvalue weighted by Crippen LogP contribution is 2.25. The lowest BCUT2D eigenvalue weighted by Crippen LogP contribution is -2.29. The second-order valence-electron chi connectivity index (χ2n) is 4.73. The van der Waals surface area contributed by atoms with E-state index < -0.39 is 6.03 Å². The Morgan fingerprint density at radius 2 is 2.05 bits per heavy atom. The van der Waals surface area contributed by atoms with Gasteiger partial charge < -0.3 is 20.5 Å². The van der Waals surface area contributed by atoms with Gasteiger partial charge in [-0.3, -0.25) is 4.79 Å². The molecule has 7 heteroatoms. The maximum absolute atomic E-state index is 11.6. The van der Waals surface area contributed by atoms with Gasteiger partial charge in [-0.25, -0.2) is 4.79 Å². The molecule has 2 amide bonds. The Morgan fingerprint density at radius 1 is 1.27 bits per heavy atom. The zero-order chi connectivity index (χ0) is 16.4. The Kier molecular flexibility index (Phi) is 8.35. The Balaban J connectivity index is 2.18. The van der Waals surface area contributed by atoms with Gasteiger partial charge in [-0.05, 0) is 46.5 Å². The summed E-state index contributed by atoms with van der Waals surface area (Å²) in [6, 6.07) is 5.01. The first kappa shape index (κ1) is 18.3. The van der Waals surface area contributed by atoms with E-state index >= 15 is 0 Å². The number of hydrogen-bond acceptors (Lipinski definition) is 4. The third-order valence-corrected chi connectivity index (χ3v) is 3.59. The largest absolute Gasteiger partial charge is 0.496 e. The lowest BCUT2D eigenvalue weighted by Gasteiger charge is -2.08. The number of methoxy groups -OCH3 is 1. The van der Waals surface area contributed by atoms with Crippen molar-refractivity contribution in [2.24, 2.45) is 5.73 Å². The van der Waals surface area contributed by atoms with Gasteiger partial charge in [0.2, 0.25) is 0 Å². The van der Waals surface area contributed by atoms with Crippen molar-refractivity contribution in [2.75, 3.05) is 13.7 Å². The van der Waals surface area contributed by atoms with E-state index in [0.717, 1.165) is 35.0 Å². The number of halogens is 1. The highest BCUT2D eigenvalue weighted by molar-refractivity contribution is 9.10. The van der Waals surface area contributed by atoms with Crippen LogP contribution in [0, 0.1) is 0 Å². The topological polar surface area (TPSA) is 90.7 Å². The van der Waals surface area contributed by atoms with E-state index in [4.69, 9.17) is 15.2 Å². The molecule has 0 spiro atoms. The summed E-state index contributed by atoms with van der Waals surface area (Å²) in [5.74, 6) is 0.509. The number of carbonyl (C=O) groups is 2. The summed E-state index contributed by atoms with van der Waals surface area (Å²) in [7, 11) is 1.60. The Hall–Kier alpha value is -1.76. The number of hydrogen-bond donors (Lipinski definition) is 2. The number of nitrogens with one attached hydrogen (secondary N) is 1. The number of rotatable bonds is 9. The molecule has 0 radical (unpaired) electrons. The van der Waals surface area contributed by atoms with Crippen LogP contribution in [0.5, 0.6) is 5.75 Å². The van der Waals surface area contributed by atoms with Crippen molar-refractivity contribution in [3.8, 4) is 5.75 Å². The number of benzene rings is 1. The van der Waals surface area contributed by atoms with Crippen molar-refractivity contribution in [2.45, 2.75) is 32.3 Å². The Morgan fingerprint density at radius 3 is 2.68 bits per heavy atom. The molecule has 0 bridgehead atoms. The van der Waals surface area contributed by atoms with Crippen LogP contribution in [-0.4, -0.2) is 25.7 Å². The average Bonchev–Trinajstić information content (AvgIpc) is 2.48. The molecule has 6 nitrogen and oxygen atoms in total. The highest BCUT2D eigenvalue weighted by Gasteiger charge is 2.06. The summed E-state index contributed by atoms with van der Waals surface area (Å²) in [4.78, 5) is 22.1. The molecule has 0 atom stereocenters. The van der Waals surface area contributed by atoms with Gasteiger partial charge in [0.15, 0.2) is 0 Å². The van der Waals surface area contributed by atoms with Gasteiger partial charge in [0.05, 0.1) is 11.6 Å². The van der Waals surface area contributed by atoms with Gasteiger partial charge in [0, 0.05) is 13.0 Å². The molecule has 0 unspecified atom stereocenters. The molecule has 122 valence electrons. The molecule has 0 aliphatic heterocycles. The summed E-state index contributed by atoms with van der Waals surface area (Å²) in [5.41, 5.74) is 5.84. The standard InChI is InChI=1S/C15H21BrN2O4/c1-21-13-7-6-11(9-12(13)16)10-22-14(19)5-3-2-4-8-18-15(17)20/h6-7,9H,2-5,8,10H2,1H3,(H3,17,18,20). The number of carbonyl (C=O) groups excluding carboxylic acids is 2. The Bertz CT molecular complexity index is 508. The molecule has 0 aliphatic rings. The minimum Gasteiger partial charge on any atom is -0.496 e. The van der Waals surface area contributed by atoms with E-state index in [0.29, 0.717) is 13.0 Å². The van der Waals surface area contributed by atoms with Crippen molar-refractivity contribution in [3.05, 3.63) is 28.2 Å². The normalized spacial score (nSPS) is 10.1. The summed E-state index contributed by atoms with van der Waals surface area (Å²) in [6.45, 7) is 0.773. The lowest BCUT2D eigenvalue weighted by molar-refractivity contribution is -0.145. The number of unbranched alkanes of at least 4 members (excludes halogenated alkanes) is 2. The fraction of sp³-hybridized carbons (Fsp3) is 0.467. The molecule has 0 fully saturated rings. The molecule has 0 aliphatic carbocycles. The van der Waals surface area contributed by atoms with Gasteiger partial charge in [0.1, 0.15) is 12.4 Å². The summed E-state index contributed by atoms with van der Waals surface area (Å²) in [5, 5.41) is 2.50. The molecule has 1 aromatic rings. The SMILES string of the molecule is COc1ccc(COC(=O)CCCCCNC(N)=O)cc1Br. The number of ether oxygens (including phenoxy) is 2. The molecule has 3 N–H and O–H groups in total. The third kappa shape index (κ3) is 7.31. The van der Waals surface area contributed by atoms with Crippen molar-refractivity contribution >= 4 is 27.9 Å². The second kappa shape index (κ2) is 10.0. The van der Waals surface area contributed by atoms with Gasteiger partial charge in [0.25, 0.3) is 0 Å². The summed E-state index contributed by atoms with van der Waals surface area (Å²) in [6.07, 6.45) is 2.73. The van der Waals surface area contributed by atoms with Crippen molar-refractivity contribution in [1.29, 1.82) is 0 Å². The molecule has 1 rings (SSSR count). The maximum Gasteiger partial charge on any atom is 0.312 e. The minimum absolute atomic E-state index is 0.227.